The maximum atomic E-state index is 11.8. The molecule has 24 heavy (non-hydrogen) atoms. The lowest BCUT2D eigenvalue weighted by molar-refractivity contribution is 0.479. The van der Waals surface area contributed by atoms with Crippen LogP contribution in [0.1, 0.15) is 5.56 Å². The van der Waals surface area contributed by atoms with E-state index in [1.807, 2.05) is 35.7 Å². The van der Waals surface area contributed by atoms with Crippen LogP contribution in [-0.4, -0.2) is 20.3 Å². The Morgan fingerprint density at radius 1 is 1.17 bits per heavy atom. The number of hydrogen-bond acceptors (Lipinski definition) is 5. The SMILES string of the molecule is N#Cc1c(O)c2c(-c3ccc(-c4ccn[nH]4)cc3)csc2[nH]c1=O. The fourth-order valence-electron chi connectivity index (χ4n) is 2.65. The number of H-pyrrole nitrogens is 2. The lowest BCUT2D eigenvalue weighted by Crippen LogP contribution is -2.09. The predicted octanol–water partition coefficient (Wildman–Crippen LogP) is 3.22. The number of nitriles is 1. The van der Waals surface area contributed by atoms with Crippen molar-refractivity contribution in [3.63, 3.8) is 0 Å². The van der Waals surface area contributed by atoms with Crippen LogP contribution >= 0.6 is 11.3 Å². The molecular weight excluding hydrogens is 324 g/mol. The Bertz CT molecular complexity index is 1130. The number of fused-ring (bicyclic) bond motifs is 1. The summed E-state index contributed by atoms with van der Waals surface area (Å²) < 4.78 is 0. The third-order valence-corrected chi connectivity index (χ3v) is 4.73. The van der Waals surface area contributed by atoms with Crippen LogP contribution in [0.15, 0.2) is 46.7 Å². The van der Waals surface area contributed by atoms with E-state index in [1.54, 1.807) is 12.3 Å². The molecule has 0 fully saturated rings. The smallest absolute Gasteiger partial charge is 0.270 e. The molecule has 3 aromatic heterocycles. The third-order valence-electron chi connectivity index (χ3n) is 3.84. The molecule has 0 bridgehead atoms. The van der Waals surface area contributed by atoms with E-state index < -0.39 is 5.56 Å². The fourth-order valence-corrected chi connectivity index (χ4v) is 3.61. The maximum Gasteiger partial charge on any atom is 0.270 e. The summed E-state index contributed by atoms with van der Waals surface area (Å²) in [5.41, 5.74) is 2.72. The van der Waals surface area contributed by atoms with Crippen molar-refractivity contribution in [2.75, 3.05) is 0 Å². The fraction of sp³-hybridized carbons (Fsp3) is 0. The van der Waals surface area contributed by atoms with Crippen molar-refractivity contribution in [3.8, 4) is 34.2 Å². The number of thiophene rings is 1. The first-order valence-corrected chi connectivity index (χ1v) is 7.93. The van der Waals surface area contributed by atoms with Gasteiger partial charge < -0.3 is 10.1 Å². The molecule has 0 aliphatic heterocycles. The van der Waals surface area contributed by atoms with Gasteiger partial charge in [0.25, 0.3) is 5.56 Å². The Morgan fingerprint density at radius 2 is 1.92 bits per heavy atom. The van der Waals surface area contributed by atoms with Crippen molar-refractivity contribution in [3.05, 3.63) is 57.8 Å². The molecule has 3 heterocycles. The van der Waals surface area contributed by atoms with Crippen molar-refractivity contribution in [2.24, 2.45) is 0 Å². The molecule has 0 unspecified atom stereocenters. The highest BCUT2D eigenvalue weighted by Gasteiger charge is 2.17. The van der Waals surface area contributed by atoms with Crippen LogP contribution in [0.5, 0.6) is 5.75 Å². The van der Waals surface area contributed by atoms with Crippen molar-refractivity contribution < 1.29 is 5.11 Å². The van der Waals surface area contributed by atoms with Gasteiger partial charge in [-0.25, -0.2) is 0 Å². The highest BCUT2D eigenvalue weighted by molar-refractivity contribution is 7.17. The second kappa shape index (κ2) is 5.37. The summed E-state index contributed by atoms with van der Waals surface area (Å²) in [6, 6.07) is 11.4. The number of rotatable bonds is 2. The van der Waals surface area contributed by atoms with Crippen LogP contribution in [0.3, 0.4) is 0 Å². The van der Waals surface area contributed by atoms with E-state index in [4.69, 9.17) is 5.26 Å². The first-order chi connectivity index (χ1) is 11.7. The van der Waals surface area contributed by atoms with E-state index in [0.29, 0.717) is 10.2 Å². The van der Waals surface area contributed by atoms with E-state index in [9.17, 15) is 9.90 Å². The highest BCUT2D eigenvalue weighted by Crippen LogP contribution is 2.39. The van der Waals surface area contributed by atoms with Gasteiger partial charge in [0, 0.05) is 17.1 Å². The maximum absolute atomic E-state index is 11.8. The van der Waals surface area contributed by atoms with Gasteiger partial charge in [0.2, 0.25) is 0 Å². The van der Waals surface area contributed by atoms with Gasteiger partial charge in [-0.1, -0.05) is 24.3 Å². The summed E-state index contributed by atoms with van der Waals surface area (Å²) in [4.78, 5) is 15.0. The van der Waals surface area contributed by atoms with Crippen LogP contribution in [0.4, 0.5) is 0 Å². The van der Waals surface area contributed by atoms with Crippen LogP contribution < -0.4 is 5.56 Å². The monoisotopic (exact) mass is 334 g/mol. The topological polar surface area (TPSA) is 106 Å². The molecule has 0 spiro atoms. The van der Waals surface area contributed by atoms with Gasteiger partial charge in [0.1, 0.15) is 16.6 Å². The third kappa shape index (κ3) is 2.09. The van der Waals surface area contributed by atoms with E-state index in [1.165, 1.54) is 11.3 Å². The molecule has 0 saturated heterocycles. The van der Waals surface area contributed by atoms with Crippen LogP contribution in [0.2, 0.25) is 0 Å². The minimum absolute atomic E-state index is 0.267. The zero-order valence-electron chi connectivity index (χ0n) is 12.2. The van der Waals surface area contributed by atoms with Crippen LogP contribution in [0, 0.1) is 11.3 Å². The van der Waals surface area contributed by atoms with Crippen molar-refractivity contribution in [2.45, 2.75) is 0 Å². The average molecular weight is 334 g/mol. The highest BCUT2D eigenvalue weighted by atomic mass is 32.1. The largest absolute Gasteiger partial charge is 0.506 e. The van der Waals surface area contributed by atoms with Gasteiger partial charge in [-0.15, -0.1) is 11.3 Å². The average Bonchev–Trinajstić information content (AvgIpc) is 3.25. The number of hydrogen-bond donors (Lipinski definition) is 3. The molecule has 6 nitrogen and oxygen atoms in total. The molecule has 0 amide bonds. The number of aromatic hydroxyl groups is 1. The molecule has 116 valence electrons. The minimum Gasteiger partial charge on any atom is -0.506 e. The second-order valence-corrected chi connectivity index (χ2v) is 6.07. The summed E-state index contributed by atoms with van der Waals surface area (Å²) in [5, 5.41) is 28.6. The van der Waals surface area contributed by atoms with E-state index in [0.717, 1.165) is 22.4 Å². The van der Waals surface area contributed by atoms with Crippen LogP contribution in [0.25, 0.3) is 32.6 Å². The zero-order valence-corrected chi connectivity index (χ0v) is 13.0. The van der Waals surface area contributed by atoms with Crippen molar-refractivity contribution in [1.82, 2.24) is 15.2 Å². The molecule has 0 saturated carbocycles. The Kier molecular flexibility index (Phi) is 3.18. The second-order valence-electron chi connectivity index (χ2n) is 5.19. The van der Waals surface area contributed by atoms with E-state index in [-0.39, 0.29) is 11.3 Å². The number of aromatic amines is 2. The summed E-state index contributed by atoms with van der Waals surface area (Å²) in [7, 11) is 0. The van der Waals surface area contributed by atoms with Gasteiger partial charge >= 0.3 is 0 Å². The van der Waals surface area contributed by atoms with Gasteiger partial charge in [-0.05, 0) is 17.2 Å². The van der Waals surface area contributed by atoms with E-state index in [2.05, 4.69) is 15.2 Å². The molecule has 0 atom stereocenters. The van der Waals surface area contributed by atoms with Gasteiger partial charge in [-0.2, -0.15) is 10.4 Å². The Morgan fingerprint density at radius 3 is 2.58 bits per heavy atom. The van der Waals surface area contributed by atoms with Gasteiger partial charge in [-0.3, -0.25) is 9.89 Å². The summed E-state index contributed by atoms with van der Waals surface area (Å²) in [6.07, 6.45) is 1.69. The number of benzene rings is 1. The lowest BCUT2D eigenvalue weighted by Gasteiger charge is -2.04. The Labute approximate surface area is 139 Å². The molecular formula is C17H10N4O2S. The Balaban J connectivity index is 1.88. The number of aromatic nitrogens is 3. The zero-order chi connectivity index (χ0) is 16.7. The molecule has 0 aliphatic rings. The lowest BCUT2D eigenvalue weighted by atomic mass is 10.0. The predicted molar refractivity (Wildman–Crippen MR) is 91.8 cm³/mol. The van der Waals surface area contributed by atoms with Gasteiger partial charge in [0.15, 0.2) is 5.56 Å². The minimum atomic E-state index is -0.578. The molecule has 0 radical (unpaired) electrons. The van der Waals surface area contributed by atoms with Crippen molar-refractivity contribution in [1.29, 1.82) is 5.26 Å². The molecule has 7 heteroatoms. The molecule has 0 aliphatic carbocycles. The number of pyridine rings is 1. The molecule has 4 rings (SSSR count). The Hall–Kier alpha value is -3.37. The molecule has 3 N–H and O–H groups in total. The standard InChI is InChI=1S/C17H10N4O2S/c18-7-11-15(22)14-12(8-24-17(14)20-16(11)23)9-1-3-10(4-2-9)13-5-6-19-21-13/h1-6,8H,(H,19,21)(H2,20,22,23). The number of nitrogens with one attached hydrogen (secondary N) is 2. The summed E-state index contributed by atoms with van der Waals surface area (Å²) >= 11 is 1.32. The normalized spacial score (nSPS) is 10.8. The van der Waals surface area contributed by atoms with Gasteiger partial charge in [0.05, 0.1) is 11.1 Å². The quantitative estimate of drug-likeness (QED) is 0.523. The summed E-state index contributed by atoms with van der Waals surface area (Å²) in [6.45, 7) is 0. The number of nitrogens with zero attached hydrogens (tertiary/aromatic N) is 2. The molecule has 4 aromatic rings. The first-order valence-electron chi connectivity index (χ1n) is 7.06. The van der Waals surface area contributed by atoms with Crippen LogP contribution in [-0.2, 0) is 0 Å². The first kappa shape index (κ1) is 14.2. The van der Waals surface area contributed by atoms with E-state index >= 15 is 0 Å². The molecule has 1 aromatic carbocycles. The van der Waals surface area contributed by atoms with Crippen molar-refractivity contribution >= 4 is 21.6 Å². The summed E-state index contributed by atoms with van der Waals surface area (Å²) in [5.74, 6) is -0.273.